The van der Waals surface area contributed by atoms with Crippen LogP contribution in [0.2, 0.25) is 0 Å². The van der Waals surface area contributed by atoms with E-state index in [9.17, 15) is 4.39 Å². The minimum atomic E-state index is -0.211. The molecule has 4 rings (SSSR count). The first-order chi connectivity index (χ1) is 11.7. The number of thiazole rings is 1. The lowest BCUT2D eigenvalue weighted by molar-refractivity contribution is 0.155. The van der Waals surface area contributed by atoms with Gasteiger partial charge in [-0.3, -0.25) is 5.01 Å². The van der Waals surface area contributed by atoms with Crippen LogP contribution in [-0.2, 0) is 13.0 Å². The van der Waals surface area contributed by atoms with Gasteiger partial charge in [0.15, 0.2) is 0 Å². The number of aryl methyl sites for hydroxylation is 1. The van der Waals surface area contributed by atoms with Crippen molar-refractivity contribution < 1.29 is 4.39 Å². The zero-order valence-electron chi connectivity index (χ0n) is 14.0. The molecule has 0 saturated carbocycles. The molecule has 0 radical (unpaired) electrons. The first kappa shape index (κ1) is 15.8. The molecule has 0 bridgehead atoms. The van der Waals surface area contributed by atoms with Crippen LogP contribution in [0.3, 0.4) is 0 Å². The fraction of sp³-hybridized carbons (Fsp3) is 0.471. The summed E-state index contributed by atoms with van der Waals surface area (Å²) >= 11 is 1.72. The number of rotatable bonds is 2. The zero-order chi connectivity index (χ0) is 16.7. The second kappa shape index (κ2) is 6.31. The first-order valence-electron chi connectivity index (χ1n) is 8.42. The summed E-state index contributed by atoms with van der Waals surface area (Å²) in [7, 11) is 2.14. The molecule has 1 N–H and O–H groups in total. The number of nitrogens with one attached hydrogen (secondary N) is 1. The Labute approximate surface area is 145 Å². The Hall–Kier alpha value is -1.70. The molecule has 5 nitrogen and oxygen atoms in total. The molecule has 0 atom stereocenters. The van der Waals surface area contributed by atoms with E-state index in [-0.39, 0.29) is 5.82 Å². The molecular weight excluding hydrogens is 325 g/mol. The number of halogens is 1. The third-order valence-corrected chi connectivity index (χ3v) is 5.85. The lowest BCUT2D eigenvalue weighted by Crippen LogP contribution is -2.51. The predicted octanol–water partition coefficient (Wildman–Crippen LogP) is 3.07. The van der Waals surface area contributed by atoms with Crippen molar-refractivity contribution >= 4 is 27.7 Å². The minimum absolute atomic E-state index is 0.211. The van der Waals surface area contributed by atoms with E-state index in [0.29, 0.717) is 12.2 Å². The number of para-hydroxylation sites is 1. The molecule has 24 heavy (non-hydrogen) atoms. The Bertz CT molecular complexity index is 739. The number of hydrogen-bond donors (Lipinski definition) is 1. The molecule has 0 spiro atoms. The summed E-state index contributed by atoms with van der Waals surface area (Å²) in [6, 6.07) is 5.29. The number of nitrogens with zero attached hydrogens (tertiary/aromatic N) is 4. The van der Waals surface area contributed by atoms with Gasteiger partial charge in [0, 0.05) is 26.2 Å². The average molecular weight is 347 g/mol. The van der Waals surface area contributed by atoms with E-state index >= 15 is 0 Å². The van der Waals surface area contributed by atoms with Crippen LogP contribution in [0.1, 0.15) is 17.6 Å². The lowest BCUT2D eigenvalue weighted by atomic mass is 10.2. The largest absolute Gasteiger partial charge is 0.375 e. The monoisotopic (exact) mass is 347 g/mol. The molecule has 0 unspecified atom stereocenters. The molecule has 0 aliphatic carbocycles. The number of aromatic nitrogens is 1. The summed E-state index contributed by atoms with van der Waals surface area (Å²) in [5.74, 6) is -0.211. The number of fused-ring (bicyclic) bond motifs is 2. The van der Waals surface area contributed by atoms with Gasteiger partial charge in [0.05, 0.1) is 28.6 Å². The highest BCUT2D eigenvalue weighted by molar-refractivity contribution is 7.16. The maximum absolute atomic E-state index is 14.4. The Kier molecular flexibility index (Phi) is 4.15. The van der Waals surface area contributed by atoms with E-state index in [2.05, 4.69) is 34.2 Å². The highest BCUT2D eigenvalue weighted by Crippen LogP contribution is 2.43. The second-order valence-electron chi connectivity index (χ2n) is 6.27. The summed E-state index contributed by atoms with van der Waals surface area (Å²) in [6.07, 6.45) is 0.921. The number of likely N-dealkylation sites (N-methyl/N-ethyl adjacent to an activating group) is 1. The zero-order valence-corrected chi connectivity index (χ0v) is 14.9. The van der Waals surface area contributed by atoms with Crippen molar-refractivity contribution in [3.63, 3.8) is 0 Å². The van der Waals surface area contributed by atoms with Gasteiger partial charge in [0.1, 0.15) is 10.8 Å². The highest BCUT2D eigenvalue weighted by Gasteiger charge is 2.31. The van der Waals surface area contributed by atoms with Gasteiger partial charge in [-0.25, -0.2) is 14.4 Å². The quantitative estimate of drug-likeness (QED) is 0.903. The molecule has 1 aromatic heterocycles. The van der Waals surface area contributed by atoms with E-state index in [1.165, 1.54) is 6.07 Å². The fourth-order valence-corrected chi connectivity index (χ4v) is 4.31. The minimum Gasteiger partial charge on any atom is -0.375 e. The smallest absolute Gasteiger partial charge is 0.148 e. The third-order valence-electron chi connectivity index (χ3n) is 4.63. The van der Waals surface area contributed by atoms with Crippen molar-refractivity contribution in [1.82, 2.24) is 14.9 Å². The van der Waals surface area contributed by atoms with E-state index in [0.717, 1.165) is 54.0 Å². The molecule has 1 fully saturated rings. The maximum Gasteiger partial charge on any atom is 0.148 e. The van der Waals surface area contributed by atoms with Crippen molar-refractivity contribution in [2.75, 3.05) is 43.6 Å². The van der Waals surface area contributed by atoms with Crippen molar-refractivity contribution in [3.8, 4) is 0 Å². The van der Waals surface area contributed by atoms with E-state index in [4.69, 9.17) is 4.98 Å². The topological polar surface area (TPSA) is 34.6 Å². The second-order valence-corrected chi connectivity index (χ2v) is 7.33. The van der Waals surface area contributed by atoms with Crippen molar-refractivity contribution in [3.05, 3.63) is 34.7 Å². The van der Waals surface area contributed by atoms with Crippen LogP contribution < -0.4 is 10.3 Å². The van der Waals surface area contributed by atoms with Gasteiger partial charge in [-0.1, -0.05) is 24.3 Å². The number of anilines is 3. The fourth-order valence-electron chi connectivity index (χ4n) is 3.25. The van der Waals surface area contributed by atoms with Crippen molar-refractivity contribution in [1.29, 1.82) is 0 Å². The van der Waals surface area contributed by atoms with Crippen LogP contribution in [0.5, 0.6) is 0 Å². The van der Waals surface area contributed by atoms with E-state index in [1.54, 1.807) is 17.4 Å². The molecule has 2 aliphatic heterocycles. The Morgan fingerprint density at radius 1 is 1.25 bits per heavy atom. The molecule has 0 amide bonds. The molecule has 1 aromatic carbocycles. The summed E-state index contributed by atoms with van der Waals surface area (Å²) in [4.78, 5) is 7.08. The standard InChI is InChI=1S/C17H22FN5S/c1-3-15-20-13-11-19-16-12(18)5-4-6-14(16)23(17(13)24-15)22-9-7-21(2)8-10-22/h4-6,19H,3,7-11H2,1-2H3. The van der Waals surface area contributed by atoms with Crippen LogP contribution in [-0.4, -0.2) is 48.1 Å². The first-order valence-corrected chi connectivity index (χ1v) is 9.23. The van der Waals surface area contributed by atoms with Gasteiger partial charge in [0.2, 0.25) is 0 Å². The number of hydrogen-bond acceptors (Lipinski definition) is 6. The summed E-state index contributed by atoms with van der Waals surface area (Å²) in [5.41, 5.74) is 2.45. The lowest BCUT2D eigenvalue weighted by Gasteiger charge is -2.40. The van der Waals surface area contributed by atoms with Crippen LogP contribution >= 0.6 is 11.3 Å². The van der Waals surface area contributed by atoms with Crippen LogP contribution in [0.25, 0.3) is 0 Å². The molecule has 128 valence electrons. The van der Waals surface area contributed by atoms with Gasteiger partial charge in [-0.05, 0) is 25.6 Å². The molecular formula is C17H22FN5S. The van der Waals surface area contributed by atoms with Gasteiger partial charge in [0.25, 0.3) is 0 Å². The molecule has 3 heterocycles. The average Bonchev–Trinajstić information content (AvgIpc) is 2.92. The van der Waals surface area contributed by atoms with Crippen LogP contribution in [0.4, 0.5) is 20.8 Å². The van der Waals surface area contributed by atoms with E-state index in [1.807, 2.05) is 6.07 Å². The highest BCUT2D eigenvalue weighted by atomic mass is 32.1. The normalized spacial score (nSPS) is 18.7. The van der Waals surface area contributed by atoms with Gasteiger partial charge in [-0.15, -0.1) is 0 Å². The third kappa shape index (κ3) is 2.66. The number of hydrazine groups is 1. The molecule has 2 aliphatic rings. The maximum atomic E-state index is 14.4. The number of piperazine rings is 1. The van der Waals surface area contributed by atoms with E-state index < -0.39 is 0 Å². The predicted molar refractivity (Wildman–Crippen MR) is 96.4 cm³/mol. The molecule has 1 saturated heterocycles. The van der Waals surface area contributed by atoms with Gasteiger partial charge >= 0.3 is 0 Å². The Morgan fingerprint density at radius 3 is 2.79 bits per heavy atom. The summed E-state index contributed by atoms with van der Waals surface area (Å²) < 4.78 is 14.4. The molecule has 7 heteroatoms. The van der Waals surface area contributed by atoms with Gasteiger partial charge in [-0.2, -0.15) is 0 Å². The summed E-state index contributed by atoms with van der Waals surface area (Å²) in [6.45, 7) is 6.53. The van der Waals surface area contributed by atoms with Crippen LogP contribution in [0.15, 0.2) is 18.2 Å². The van der Waals surface area contributed by atoms with Crippen molar-refractivity contribution in [2.24, 2.45) is 0 Å². The van der Waals surface area contributed by atoms with Crippen molar-refractivity contribution in [2.45, 2.75) is 19.9 Å². The Balaban J connectivity index is 1.82. The number of benzene rings is 1. The summed E-state index contributed by atoms with van der Waals surface area (Å²) in [5, 5.41) is 10.0. The Morgan fingerprint density at radius 2 is 2.04 bits per heavy atom. The van der Waals surface area contributed by atoms with Crippen LogP contribution in [0, 0.1) is 5.82 Å². The molecule has 2 aromatic rings. The van der Waals surface area contributed by atoms with Gasteiger partial charge < -0.3 is 10.2 Å². The SMILES string of the molecule is CCc1nc2c(s1)N(N1CCN(C)CC1)c1cccc(F)c1NC2.